The molecule has 0 atom stereocenters. The minimum absolute atomic E-state index is 0.0686. The quantitative estimate of drug-likeness (QED) is 0.758. The van der Waals surface area contributed by atoms with Gasteiger partial charge in [0.25, 0.3) is 0 Å². The molecular weight excluding hydrogens is 178 g/mol. The van der Waals surface area contributed by atoms with E-state index in [1.54, 1.807) is 18.3 Å². The number of hydrogen-bond donors (Lipinski definition) is 2. The number of hydrogen-bond acceptors (Lipinski definition) is 3. The van der Waals surface area contributed by atoms with Gasteiger partial charge in [-0.05, 0) is 30.9 Å². The Morgan fingerprint density at radius 3 is 2.93 bits per heavy atom. The highest BCUT2D eigenvalue weighted by atomic mass is 16.1. The minimum Gasteiger partial charge on any atom is -0.384 e. The van der Waals surface area contributed by atoms with Crippen molar-refractivity contribution in [1.82, 2.24) is 4.98 Å². The van der Waals surface area contributed by atoms with Gasteiger partial charge in [-0.1, -0.05) is 0 Å². The molecule has 1 aromatic heterocycles. The molecule has 4 heteroatoms. The summed E-state index contributed by atoms with van der Waals surface area (Å²) in [6.45, 7) is 0. The van der Waals surface area contributed by atoms with Crippen molar-refractivity contribution in [2.75, 3.05) is 11.1 Å². The number of carbonyl (C=O) groups excluding carboxylic acids is 1. The third-order valence-electron chi connectivity index (χ3n) is 2.24. The Morgan fingerprint density at radius 2 is 2.36 bits per heavy atom. The van der Waals surface area contributed by atoms with Crippen LogP contribution in [0.1, 0.15) is 19.3 Å². The van der Waals surface area contributed by atoms with Gasteiger partial charge in [-0.3, -0.25) is 4.79 Å². The van der Waals surface area contributed by atoms with Crippen molar-refractivity contribution in [3.8, 4) is 0 Å². The molecule has 0 aromatic carbocycles. The molecule has 1 saturated carbocycles. The molecular formula is C10H13N3O. The number of anilines is 2. The van der Waals surface area contributed by atoms with Gasteiger partial charge in [0, 0.05) is 6.42 Å². The van der Waals surface area contributed by atoms with Crippen LogP contribution in [0, 0.1) is 5.92 Å². The first-order chi connectivity index (χ1) is 6.74. The van der Waals surface area contributed by atoms with Crippen LogP contribution in [0.15, 0.2) is 18.3 Å². The van der Waals surface area contributed by atoms with Gasteiger partial charge in [-0.2, -0.15) is 0 Å². The van der Waals surface area contributed by atoms with Gasteiger partial charge in [-0.15, -0.1) is 0 Å². The van der Waals surface area contributed by atoms with E-state index in [2.05, 4.69) is 10.3 Å². The number of nitrogens with two attached hydrogens (primary N) is 1. The number of pyridine rings is 1. The summed E-state index contributed by atoms with van der Waals surface area (Å²) in [5, 5.41) is 2.78. The number of aromatic nitrogens is 1. The predicted molar refractivity (Wildman–Crippen MR) is 54.6 cm³/mol. The smallest absolute Gasteiger partial charge is 0.224 e. The van der Waals surface area contributed by atoms with Crippen molar-refractivity contribution in [3.63, 3.8) is 0 Å². The maximum Gasteiger partial charge on any atom is 0.224 e. The topological polar surface area (TPSA) is 68.0 Å². The third-order valence-corrected chi connectivity index (χ3v) is 2.24. The van der Waals surface area contributed by atoms with Crippen molar-refractivity contribution in [1.29, 1.82) is 0 Å². The molecule has 74 valence electrons. The van der Waals surface area contributed by atoms with E-state index < -0.39 is 0 Å². The van der Waals surface area contributed by atoms with Crippen molar-refractivity contribution >= 4 is 17.4 Å². The maximum atomic E-state index is 11.4. The molecule has 0 aliphatic heterocycles. The molecule has 0 unspecified atom stereocenters. The van der Waals surface area contributed by atoms with E-state index in [1.165, 1.54) is 12.8 Å². The Hall–Kier alpha value is -1.58. The number of nitrogens with one attached hydrogen (secondary N) is 1. The zero-order valence-electron chi connectivity index (χ0n) is 7.86. The molecule has 0 radical (unpaired) electrons. The molecule has 14 heavy (non-hydrogen) atoms. The van der Waals surface area contributed by atoms with Crippen LogP contribution in [0.3, 0.4) is 0 Å². The lowest BCUT2D eigenvalue weighted by atomic mass is 10.3. The van der Waals surface area contributed by atoms with E-state index in [4.69, 9.17) is 5.73 Å². The SMILES string of the molecule is Nc1ccc(NC(=O)CC2CC2)cn1. The molecule has 1 aliphatic rings. The van der Waals surface area contributed by atoms with E-state index in [9.17, 15) is 4.79 Å². The van der Waals surface area contributed by atoms with Crippen LogP contribution < -0.4 is 11.1 Å². The van der Waals surface area contributed by atoms with Gasteiger partial charge < -0.3 is 11.1 Å². The number of amides is 1. The molecule has 1 fully saturated rings. The molecule has 1 aromatic rings. The summed E-state index contributed by atoms with van der Waals surface area (Å²) in [6, 6.07) is 3.43. The summed E-state index contributed by atoms with van der Waals surface area (Å²) in [4.78, 5) is 15.3. The second kappa shape index (κ2) is 3.65. The average molecular weight is 191 g/mol. The van der Waals surface area contributed by atoms with Gasteiger partial charge >= 0.3 is 0 Å². The number of nitrogens with zero attached hydrogens (tertiary/aromatic N) is 1. The highest BCUT2D eigenvalue weighted by Crippen LogP contribution is 2.32. The van der Waals surface area contributed by atoms with Crippen LogP contribution in [-0.2, 0) is 4.79 Å². The largest absolute Gasteiger partial charge is 0.384 e. The Balaban J connectivity index is 1.89. The van der Waals surface area contributed by atoms with Gasteiger partial charge in [0.2, 0.25) is 5.91 Å². The first-order valence-electron chi connectivity index (χ1n) is 4.75. The summed E-state index contributed by atoms with van der Waals surface area (Å²) in [7, 11) is 0. The Kier molecular flexibility index (Phi) is 2.35. The standard InChI is InChI=1S/C10H13N3O/c11-9-4-3-8(6-12-9)13-10(14)5-7-1-2-7/h3-4,6-7H,1-2,5H2,(H2,11,12)(H,13,14). The van der Waals surface area contributed by atoms with Crippen LogP contribution in [0.5, 0.6) is 0 Å². The van der Waals surface area contributed by atoms with Crippen LogP contribution >= 0.6 is 0 Å². The molecule has 1 heterocycles. The van der Waals surface area contributed by atoms with Crippen molar-refractivity contribution in [2.24, 2.45) is 5.92 Å². The molecule has 0 spiro atoms. The Morgan fingerprint density at radius 1 is 1.57 bits per heavy atom. The molecule has 0 bridgehead atoms. The summed E-state index contributed by atoms with van der Waals surface area (Å²) in [5.41, 5.74) is 6.14. The lowest BCUT2D eigenvalue weighted by Gasteiger charge is -2.03. The molecule has 1 aliphatic carbocycles. The van der Waals surface area contributed by atoms with Crippen molar-refractivity contribution in [2.45, 2.75) is 19.3 Å². The Labute approximate surface area is 82.5 Å². The zero-order chi connectivity index (χ0) is 9.97. The zero-order valence-corrected chi connectivity index (χ0v) is 7.86. The van der Waals surface area contributed by atoms with E-state index in [0.29, 0.717) is 23.8 Å². The second-order valence-electron chi connectivity index (χ2n) is 3.67. The highest BCUT2D eigenvalue weighted by molar-refractivity contribution is 5.90. The first kappa shape index (κ1) is 8.99. The van der Waals surface area contributed by atoms with Gasteiger partial charge in [0.1, 0.15) is 5.82 Å². The third kappa shape index (κ3) is 2.45. The number of rotatable bonds is 3. The van der Waals surface area contributed by atoms with Crippen LogP contribution in [0.25, 0.3) is 0 Å². The lowest BCUT2D eigenvalue weighted by molar-refractivity contribution is -0.116. The fraction of sp³-hybridized carbons (Fsp3) is 0.400. The van der Waals surface area contributed by atoms with Crippen LogP contribution in [-0.4, -0.2) is 10.9 Å². The number of nitrogen functional groups attached to an aromatic ring is 1. The van der Waals surface area contributed by atoms with E-state index >= 15 is 0 Å². The number of carbonyl (C=O) groups is 1. The van der Waals surface area contributed by atoms with Gasteiger partial charge in [0.05, 0.1) is 11.9 Å². The lowest BCUT2D eigenvalue weighted by Crippen LogP contribution is -2.12. The molecule has 0 saturated heterocycles. The fourth-order valence-corrected chi connectivity index (χ4v) is 1.28. The highest BCUT2D eigenvalue weighted by Gasteiger charge is 2.24. The summed E-state index contributed by atoms with van der Waals surface area (Å²) < 4.78 is 0. The van der Waals surface area contributed by atoms with Crippen molar-refractivity contribution < 1.29 is 4.79 Å². The molecule has 2 rings (SSSR count). The summed E-state index contributed by atoms with van der Waals surface area (Å²) >= 11 is 0. The molecule has 4 nitrogen and oxygen atoms in total. The summed E-state index contributed by atoms with van der Waals surface area (Å²) in [5.74, 6) is 1.14. The maximum absolute atomic E-state index is 11.4. The average Bonchev–Trinajstić information content (AvgIpc) is 2.93. The monoisotopic (exact) mass is 191 g/mol. The fourth-order valence-electron chi connectivity index (χ4n) is 1.28. The molecule has 3 N–H and O–H groups in total. The van der Waals surface area contributed by atoms with Crippen LogP contribution in [0.4, 0.5) is 11.5 Å². The van der Waals surface area contributed by atoms with Crippen molar-refractivity contribution in [3.05, 3.63) is 18.3 Å². The summed E-state index contributed by atoms with van der Waals surface area (Å²) in [6.07, 6.45) is 4.57. The van der Waals surface area contributed by atoms with E-state index in [-0.39, 0.29) is 5.91 Å². The normalized spacial score (nSPS) is 15.1. The van der Waals surface area contributed by atoms with E-state index in [1.807, 2.05) is 0 Å². The Bertz CT molecular complexity index is 330. The molecule has 1 amide bonds. The first-order valence-corrected chi connectivity index (χ1v) is 4.75. The minimum atomic E-state index is 0.0686. The van der Waals surface area contributed by atoms with Gasteiger partial charge in [0.15, 0.2) is 0 Å². The van der Waals surface area contributed by atoms with Gasteiger partial charge in [-0.25, -0.2) is 4.98 Å². The van der Waals surface area contributed by atoms with E-state index in [0.717, 1.165) is 0 Å². The van der Waals surface area contributed by atoms with Crippen LogP contribution in [0.2, 0.25) is 0 Å². The second-order valence-corrected chi connectivity index (χ2v) is 3.67. The predicted octanol–water partition coefficient (Wildman–Crippen LogP) is 1.40.